The van der Waals surface area contributed by atoms with Crippen LogP contribution in [0.25, 0.3) is 0 Å². The average Bonchev–Trinajstić information content (AvgIpc) is 3.49. The third-order valence-corrected chi connectivity index (χ3v) is 5.34. The van der Waals surface area contributed by atoms with E-state index in [2.05, 4.69) is 15.6 Å². The first-order chi connectivity index (χ1) is 14.3. The molecule has 7 nitrogen and oxygen atoms in total. The van der Waals surface area contributed by atoms with E-state index in [0.717, 1.165) is 63.8 Å². The molecule has 2 aliphatic rings. The first-order valence-corrected chi connectivity index (χ1v) is 10.3. The molecule has 0 aromatic carbocycles. The lowest BCUT2D eigenvalue weighted by Crippen LogP contribution is -2.45. The number of ether oxygens (including phenoxy) is 1. The number of rotatable bonds is 7. The summed E-state index contributed by atoms with van der Waals surface area (Å²) < 4.78 is 24.9. The van der Waals surface area contributed by atoms with Crippen LogP contribution in [0.3, 0.4) is 0 Å². The van der Waals surface area contributed by atoms with E-state index in [1.165, 1.54) is 6.07 Å². The zero-order valence-corrected chi connectivity index (χ0v) is 16.5. The van der Waals surface area contributed by atoms with Crippen LogP contribution in [0.1, 0.15) is 18.6 Å². The summed E-state index contributed by atoms with van der Waals surface area (Å²) in [6, 6.07) is 7.12. The Balaban J connectivity index is 1.33. The summed E-state index contributed by atoms with van der Waals surface area (Å²) in [5.74, 6) is 2.35. The Hall–Kier alpha value is -2.61. The van der Waals surface area contributed by atoms with Crippen LogP contribution in [0.4, 0.5) is 10.2 Å². The summed E-state index contributed by atoms with van der Waals surface area (Å²) in [4.78, 5) is 11.0. The molecular weight excluding hydrogens is 373 g/mol. The summed E-state index contributed by atoms with van der Waals surface area (Å²) in [5.41, 5.74) is 0. The summed E-state index contributed by atoms with van der Waals surface area (Å²) in [7, 11) is 0. The first-order valence-electron chi connectivity index (χ1n) is 10.3. The smallest absolute Gasteiger partial charge is 0.191 e. The zero-order chi connectivity index (χ0) is 19.9. The van der Waals surface area contributed by atoms with Crippen LogP contribution in [0.2, 0.25) is 0 Å². The van der Waals surface area contributed by atoms with Gasteiger partial charge in [0.15, 0.2) is 17.6 Å². The standard InChI is InChI=1S/C21H28FN5O2/c22-19-4-1-8-23-20(19)27-10-6-17(14-27)26-21(25-13-16-7-12-28-15-16)24-9-5-18-3-2-11-29-18/h1-4,8,11,16-17H,5-7,9-10,12-15H2,(H2,24,25,26). The number of hydrogen-bond donors (Lipinski definition) is 2. The third-order valence-electron chi connectivity index (χ3n) is 5.34. The fourth-order valence-corrected chi connectivity index (χ4v) is 3.73. The Bertz CT molecular complexity index is 792. The van der Waals surface area contributed by atoms with Crippen molar-refractivity contribution < 1.29 is 13.5 Å². The second-order valence-corrected chi connectivity index (χ2v) is 7.56. The van der Waals surface area contributed by atoms with Gasteiger partial charge in [-0.1, -0.05) is 0 Å². The van der Waals surface area contributed by atoms with Crippen molar-refractivity contribution in [2.24, 2.45) is 10.9 Å². The zero-order valence-electron chi connectivity index (χ0n) is 16.5. The molecule has 2 N–H and O–H groups in total. The Morgan fingerprint density at radius 1 is 1.31 bits per heavy atom. The highest BCUT2D eigenvalue weighted by molar-refractivity contribution is 5.80. The molecule has 0 saturated carbocycles. The maximum atomic E-state index is 14.0. The number of halogens is 1. The highest BCUT2D eigenvalue weighted by Gasteiger charge is 2.26. The van der Waals surface area contributed by atoms with E-state index < -0.39 is 0 Å². The van der Waals surface area contributed by atoms with Gasteiger partial charge in [0.25, 0.3) is 0 Å². The van der Waals surface area contributed by atoms with Crippen LogP contribution in [0.5, 0.6) is 0 Å². The van der Waals surface area contributed by atoms with Crippen molar-refractivity contribution in [3.63, 3.8) is 0 Å². The van der Waals surface area contributed by atoms with Crippen LogP contribution < -0.4 is 15.5 Å². The number of nitrogens with zero attached hydrogens (tertiary/aromatic N) is 3. The Morgan fingerprint density at radius 2 is 2.28 bits per heavy atom. The molecule has 2 aliphatic heterocycles. The minimum Gasteiger partial charge on any atom is -0.469 e. The van der Waals surface area contributed by atoms with E-state index in [1.807, 2.05) is 17.0 Å². The lowest BCUT2D eigenvalue weighted by Gasteiger charge is -2.20. The van der Waals surface area contributed by atoms with Crippen molar-refractivity contribution in [3.8, 4) is 0 Å². The molecule has 2 unspecified atom stereocenters. The minimum atomic E-state index is -0.278. The van der Waals surface area contributed by atoms with Crippen LogP contribution in [-0.2, 0) is 11.2 Å². The predicted molar refractivity (Wildman–Crippen MR) is 110 cm³/mol. The second-order valence-electron chi connectivity index (χ2n) is 7.56. The highest BCUT2D eigenvalue weighted by atomic mass is 19.1. The van der Waals surface area contributed by atoms with Gasteiger partial charge >= 0.3 is 0 Å². The molecule has 2 aromatic rings. The van der Waals surface area contributed by atoms with E-state index in [-0.39, 0.29) is 11.9 Å². The van der Waals surface area contributed by atoms with Gasteiger partial charge in [0.05, 0.1) is 12.9 Å². The summed E-state index contributed by atoms with van der Waals surface area (Å²) >= 11 is 0. The molecule has 0 bridgehead atoms. The van der Waals surface area contributed by atoms with E-state index in [0.29, 0.717) is 18.3 Å². The van der Waals surface area contributed by atoms with Gasteiger partial charge in [0, 0.05) is 57.4 Å². The van der Waals surface area contributed by atoms with Crippen molar-refractivity contribution >= 4 is 11.8 Å². The molecule has 2 fully saturated rings. The van der Waals surface area contributed by atoms with Crippen molar-refractivity contribution in [2.45, 2.75) is 25.3 Å². The molecule has 0 aliphatic carbocycles. The molecule has 29 heavy (non-hydrogen) atoms. The summed E-state index contributed by atoms with van der Waals surface area (Å²) in [6.07, 6.45) is 6.06. The summed E-state index contributed by atoms with van der Waals surface area (Å²) in [5, 5.41) is 6.92. The molecule has 4 rings (SSSR count). The number of guanidine groups is 1. The lowest BCUT2D eigenvalue weighted by atomic mass is 10.1. The van der Waals surface area contributed by atoms with Crippen LogP contribution in [0, 0.1) is 11.7 Å². The van der Waals surface area contributed by atoms with E-state index >= 15 is 0 Å². The molecule has 2 atom stereocenters. The maximum absolute atomic E-state index is 14.0. The molecule has 0 amide bonds. The monoisotopic (exact) mass is 401 g/mol. The normalized spacial score (nSPS) is 22.2. The van der Waals surface area contributed by atoms with Crippen molar-refractivity contribution in [3.05, 3.63) is 48.3 Å². The molecule has 2 aromatic heterocycles. The number of furan rings is 1. The number of aromatic nitrogens is 1. The lowest BCUT2D eigenvalue weighted by molar-refractivity contribution is 0.187. The van der Waals surface area contributed by atoms with Crippen molar-refractivity contribution in [2.75, 3.05) is 44.3 Å². The van der Waals surface area contributed by atoms with Gasteiger partial charge in [-0.05, 0) is 37.1 Å². The van der Waals surface area contributed by atoms with Gasteiger partial charge in [-0.3, -0.25) is 4.99 Å². The largest absolute Gasteiger partial charge is 0.469 e. The number of hydrogen-bond acceptors (Lipinski definition) is 5. The SMILES string of the molecule is Fc1cccnc1N1CCC(NC(=NCC2CCOC2)NCCc2ccco2)C1. The minimum absolute atomic E-state index is 0.186. The Kier molecular flexibility index (Phi) is 6.61. The second kappa shape index (κ2) is 9.73. The summed E-state index contributed by atoms with van der Waals surface area (Å²) in [6.45, 7) is 4.52. The fraction of sp³-hybridized carbons (Fsp3) is 0.524. The molecule has 156 valence electrons. The fourth-order valence-electron chi connectivity index (χ4n) is 3.73. The van der Waals surface area contributed by atoms with Crippen LogP contribution in [-0.4, -0.2) is 56.4 Å². The maximum Gasteiger partial charge on any atom is 0.191 e. The average molecular weight is 401 g/mol. The highest BCUT2D eigenvalue weighted by Crippen LogP contribution is 2.20. The van der Waals surface area contributed by atoms with Gasteiger partial charge in [-0.25, -0.2) is 9.37 Å². The first kappa shape index (κ1) is 19.7. The molecule has 8 heteroatoms. The number of pyridine rings is 1. The van der Waals surface area contributed by atoms with Gasteiger partial charge in [0.1, 0.15) is 5.76 Å². The molecular formula is C21H28FN5O2. The van der Waals surface area contributed by atoms with Gasteiger partial charge < -0.3 is 24.7 Å². The number of anilines is 1. The van der Waals surface area contributed by atoms with Gasteiger partial charge in [0.2, 0.25) is 0 Å². The quantitative estimate of drug-likeness (QED) is 0.547. The van der Waals surface area contributed by atoms with E-state index in [9.17, 15) is 4.39 Å². The molecule has 0 spiro atoms. The van der Waals surface area contributed by atoms with Crippen molar-refractivity contribution in [1.29, 1.82) is 0 Å². The van der Waals surface area contributed by atoms with Crippen LogP contribution in [0.15, 0.2) is 46.1 Å². The van der Waals surface area contributed by atoms with Gasteiger partial charge in [-0.15, -0.1) is 0 Å². The Labute approximate surface area is 170 Å². The third kappa shape index (κ3) is 5.47. The molecule has 0 radical (unpaired) electrons. The predicted octanol–water partition coefficient (Wildman–Crippen LogP) is 2.21. The van der Waals surface area contributed by atoms with Crippen LogP contribution >= 0.6 is 0 Å². The van der Waals surface area contributed by atoms with Gasteiger partial charge in [-0.2, -0.15) is 0 Å². The number of nitrogens with one attached hydrogen (secondary N) is 2. The number of aliphatic imine (C=N–C) groups is 1. The van der Waals surface area contributed by atoms with Crippen molar-refractivity contribution in [1.82, 2.24) is 15.6 Å². The molecule has 2 saturated heterocycles. The van der Waals surface area contributed by atoms with E-state index in [1.54, 1.807) is 18.5 Å². The topological polar surface area (TPSA) is 74.9 Å². The molecule has 4 heterocycles. The Morgan fingerprint density at radius 3 is 3.07 bits per heavy atom. The van der Waals surface area contributed by atoms with E-state index in [4.69, 9.17) is 14.1 Å².